The van der Waals surface area contributed by atoms with Crippen LogP contribution in [-0.4, -0.2) is 11.8 Å². The highest BCUT2D eigenvalue weighted by Crippen LogP contribution is 2.32. The largest absolute Gasteiger partial charge is 0.473 e. The highest BCUT2D eigenvalue weighted by Gasteiger charge is 2.13. The van der Waals surface area contributed by atoms with Crippen LogP contribution >= 0.6 is 0 Å². The summed E-state index contributed by atoms with van der Waals surface area (Å²) in [6.07, 6.45) is 0. The van der Waals surface area contributed by atoms with Crippen LogP contribution in [0.2, 0.25) is 0 Å². The lowest BCUT2D eigenvalue weighted by Crippen LogP contribution is -1.99. The van der Waals surface area contributed by atoms with E-state index in [1.165, 1.54) is 0 Å². The average Bonchev–Trinajstić information content (AvgIpc) is 2.92. The van der Waals surface area contributed by atoms with Gasteiger partial charge in [0.15, 0.2) is 11.5 Å². The van der Waals surface area contributed by atoms with Crippen LogP contribution in [-0.2, 0) is 6.61 Å². The highest BCUT2D eigenvalue weighted by molar-refractivity contribution is 5.44. The van der Waals surface area contributed by atoms with Crippen molar-refractivity contribution in [1.29, 1.82) is 5.26 Å². The maximum absolute atomic E-state index is 8.91. The number of pyridine rings is 1. The zero-order valence-electron chi connectivity index (χ0n) is 10.9. The summed E-state index contributed by atoms with van der Waals surface area (Å²) in [5, 5.41) is 8.91. The van der Waals surface area contributed by atoms with Crippen LogP contribution in [0.1, 0.15) is 16.8 Å². The van der Waals surface area contributed by atoms with E-state index in [4.69, 9.17) is 19.5 Å². The van der Waals surface area contributed by atoms with Crippen molar-refractivity contribution in [3.05, 3.63) is 47.2 Å². The van der Waals surface area contributed by atoms with Crippen molar-refractivity contribution < 1.29 is 14.2 Å². The number of ether oxygens (including phenoxy) is 3. The summed E-state index contributed by atoms with van der Waals surface area (Å²) in [4.78, 5) is 4.24. The number of aryl methyl sites for hydroxylation is 1. The van der Waals surface area contributed by atoms with Crippen molar-refractivity contribution in [2.45, 2.75) is 13.5 Å². The van der Waals surface area contributed by atoms with Gasteiger partial charge in [-0.25, -0.2) is 4.98 Å². The van der Waals surface area contributed by atoms with Crippen LogP contribution in [0.15, 0.2) is 30.3 Å². The minimum Gasteiger partial charge on any atom is -0.473 e. The van der Waals surface area contributed by atoms with Crippen molar-refractivity contribution in [3.63, 3.8) is 0 Å². The van der Waals surface area contributed by atoms with Crippen LogP contribution in [0, 0.1) is 18.3 Å². The van der Waals surface area contributed by atoms with Gasteiger partial charge < -0.3 is 14.2 Å². The molecule has 0 spiro atoms. The van der Waals surface area contributed by atoms with Crippen molar-refractivity contribution in [1.82, 2.24) is 4.98 Å². The first kappa shape index (κ1) is 12.3. The van der Waals surface area contributed by atoms with Gasteiger partial charge in [0.2, 0.25) is 12.7 Å². The third-order valence-corrected chi connectivity index (χ3v) is 2.88. The molecule has 100 valence electrons. The molecule has 1 aromatic carbocycles. The first-order chi connectivity index (χ1) is 9.74. The molecule has 1 aliphatic rings. The van der Waals surface area contributed by atoms with Crippen molar-refractivity contribution >= 4 is 0 Å². The monoisotopic (exact) mass is 268 g/mol. The summed E-state index contributed by atoms with van der Waals surface area (Å²) in [6.45, 7) is 2.44. The number of nitriles is 1. The quantitative estimate of drug-likeness (QED) is 0.856. The van der Waals surface area contributed by atoms with Gasteiger partial charge in [0.25, 0.3) is 0 Å². The molecule has 0 atom stereocenters. The van der Waals surface area contributed by atoms with E-state index >= 15 is 0 Å². The molecule has 0 N–H and O–H groups in total. The summed E-state index contributed by atoms with van der Waals surface area (Å²) in [5.74, 6) is 1.91. The molecule has 0 bridgehead atoms. The molecule has 0 saturated heterocycles. The van der Waals surface area contributed by atoms with Gasteiger partial charge in [-0.3, -0.25) is 0 Å². The molecule has 1 aromatic heterocycles. The van der Waals surface area contributed by atoms with E-state index in [-0.39, 0.29) is 6.79 Å². The molecule has 3 rings (SSSR count). The van der Waals surface area contributed by atoms with E-state index in [0.29, 0.717) is 18.1 Å². The summed E-state index contributed by atoms with van der Waals surface area (Å²) in [5.41, 5.74) is 2.25. The number of fused-ring (bicyclic) bond motifs is 1. The standard InChI is InChI=1S/C15H12N2O3/c1-10-4-12(7-16)6-15(17-10)18-8-11-2-3-13-14(5-11)20-9-19-13/h2-6H,8-9H2,1H3. The molecular weight excluding hydrogens is 256 g/mol. The van der Waals surface area contributed by atoms with Gasteiger partial charge in [0, 0.05) is 11.8 Å². The molecule has 0 fully saturated rings. The van der Waals surface area contributed by atoms with E-state index in [0.717, 1.165) is 22.8 Å². The smallest absolute Gasteiger partial charge is 0.231 e. The molecule has 5 heteroatoms. The number of benzene rings is 1. The number of nitrogens with zero attached hydrogens (tertiary/aromatic N) is 2. The van der Waals surface area contributed by atoms with Gasteiger partial charge in [-0.15, -0.1) is 0 Å². The zero-order chi connectivity index (χ0) is 13.9. The van der Waals surface area contributed by atoms with Gasteiger partial charge >= 0.3 is 0 Å². The second-order valence-electron chi connectivity index (χ2n) is 4.42. The third kappa shape index (κ3) is 2.50. The topological polar surface area (TPSA) is 64.4 Å². The molecular formula is C15H12N2O3. The van der Waals surface area contributed by atoms with E-state index in [1.54, 1.807) is 12.1 Å². The van der Waals surface area contributed by atoms with Crippen LogP contribution in [0.4, 0.5) is 0 Å². The Bertz CT molecular complexity index is 692. The fourth-order valence-corrected chi connectivity index (χ4v) is 1.96. The number of aromatic nitrogens is 1. The SMILES string of the molecule is Cc1cc(C#N)cc(OCc2ccc3c(c2)OCO3)n1. The van der Waals surface area contributed by atoms with Crippen molar-refractivity contribution in [2.75, 3.05) is 6.79 Å². The molecule has 0 amide bonds. The van der Waals surface area contributed by atoms with Gasteiger partial charge in [-0.2, -0.15) is 5.26 Å². The number of hydrogen-bond acceptors (Lipinski definition) is 5. The zero-order valence-corrected chi connectivity index (χ0v) is 10.9. The first-order valence-electron chi connectivity index (χ1n) is 6.15. The summed E-state index contributed by atoms with van der Waals surface area (Å²) in [6, 6.07) is 11.1. The summed E-state index contributed by atoms with van der Waals surface area (Å²) < 4.78 is 16.2. The van der Waals surface area contributed by atoms with Gasteiger partial charge in [-0.05, 0) is 30.7 Å². The van der Waals surface area contributed by atoms with Crippen molar-refractivity contribution in [2.24, 2.45) is 0 Å². The molecule has 5 nitrogen and oxygen atoms in total. The van der Waals surface area contributed by atoms with E-state index in [2.05, 4.69) is 11.1 Å². The first-order valence-corrected chi connectivity index (χ1v) is 6.15. The molecule has 0 saturated carbocycles. The fourth-order valence-electron chi connectivity index (χ4n) is 1.96. The maximum atomic E-state index is 8.91. The number of hydrogen-bond donors (Lipinski definition) is 0. The van der Waals surface area contributed by atoms with Crippen LogP contribution < -0.4 is 14.2 Å². The van der Waals surface area contributed by atoms with Crippen LogP contribution in [0.25, 0.3) is 0 Å². The molecule has 2 aromatic rings. The molecule has 2 heterocycles. The summed E-state index contributed by atoms with van der Waals surface area (Å²) in [7, 11) is 0. The van der Waals surface area contributed by atoms with Crippen molar-refractivity contribution in [3.8, 4) is 23.4 Å². The second-order valence-corrected chi connectivity index (χ2v) is 4.42. The molecule has 0 unspecified atom stereocenters. The summed E-state index contributed by atoms with van der Waals surface area (Å²) >= 11 is 0. The second kappa shape index (κ2) is 5.10. The van der Waals surface area contributed by atoms with E-state index in [1.807, 2.05) is 25.1 Å². The molecule has 20 heavy (non-hydrogen) atoms. The normalized spacial score (nSPS) is 12.0. The lowest BCUT2D eigenvalue weighted by Gasteiger charge is -2.07. The van der Waals surface area contributed by atoms with E-state index in [9.17, 15) is 0 Å². The fraction of sp³-hybridized carbons (Fsp3) is 0.200. The van der Waals surface area contributed by atoms with Crippen LogP contribution in [0.5, 0.6) is 17.4 Å². The third-order valence-electron chi connectivity index (χ3n) is 2.88. The Labute approximate surface area is 116 Å². The van der Waals surface area contributed by atoms with Crippen LogP contribution in [0.3, 0.4) is 0 Å². The Balaban J connectivity index is 1.73. The maximum Gasteiger partial charge on any atom is 0.231 e. The average molecular weight is 268 g/mol. The molecule has 1 aliphatic heterocycles. The Hall–Kier alpha value is -2.74. The van der Waals surface area contributed by atoms with Gasteiger partial charge in [0.1, 0.15) is 6.61 Å². The Morgan fingerprint density at radius 2 is 2.10 bits per heavy atom. The predicted octanol–water partition coefficient (Wildman–Crippen LogP) is 2.57. The van der Waals surface area contributed by atoms with E-state index < -0.39 is 0 Å². The highest BCUT2D eigenvalue weighted by atomic mass is 16.7. The minimum atomic E-state index is 0.255. The molecule has 0 aliphatic carbocycles. The lowest BCUT2D eigenvalue weighted by molar-refractivity contribution is 0.174. The Morgan fingerprint density at radius 3 is 2.95 bits per heavy atom. The molecule has 0 radical (unpaired) electrons. The minimum absolute atomic E-state index is 0.255. The lowest BCUT2D eigenvalue weighted by atomic mass is 10.2. The van der Waals surface area contributed by atoms with Gasteiger partial charge in [-0.1, -0.05) is 6.07 Å². The van der Waals surface area contributed by atoms with Gasteiger partial charge in [0.05, 0.1) is 11.6 Å². The Morgan fingerprint density at radius 1 is 1.25 bits per heavy atom. The Kier molecular flexibility index (Phi) is 3.13. The number of rotatable bonds is 3. The predicted molar refractivity (Wildman–Crippen MR) is 70.6 cm³/mol.